The minimum atomic E-state index is -0.974. The molecule has 1 aromatic heterocycles. The van der Waals surface area contributed by atoms with Crippen molar-refractivity contribution in [1.82, 2.24) is 19.8 Å². The van der Waals surface area contributed by atoms with Crippen molar-refractivity contribution >= 4 is 28.5 Å². The zero-order chi connectivity index (χ0) is 23.5. The maximum absolute atomic E-state index is 13.9. The van der Waals surface area contributed by atoms with Gasteiger partial charge in [0.25, 0.3) is 0 Å². The van der Waals surface area contributed by atoms with Gasteiger partial charge in [-0.3, -0.25) is 9.69 Å². The van der Waals surface area contributed by atoms with E-state index in [2.05, 4.69) is 15.2 Å². The number of hydrogen-bond donors (Lipinski definition) is 1. The average Bonchev–Trinajstić information content (AvgIpc) is 3.18. The molecule has 6 nitrogen and oxygen atoms in total. The summed E-state index contributed by atoms with van der Waals surface area (Å²) in [7, 11) is 0. The van der Waals surface area contributed by atoms with Crippen LogP contribution >= 0.6 is 11.6 Å². The van der Waals surface area contributed by atoms with E-state index < -0.39 is 17.7 Å². The smallest absolute Gasteiger partial charge is 0.243 e. The molecule has 1 N–H and O–H groups in total. The fourth-order valence-electron chi connectivity index (χ4n) is 4.37. The Morgan fingerprint density at radius 3 is 2.58 bits per heavy atom. The van der Waals surface area contributed by atoms with Crippen LogP contribution in [-0.4, -0.2) is 53.2 Å². The third-order valence-corrected chi connectivity index (χ3v) is 6.38. The molecule has 2 aromatic carbocycles. The van der Waals surface area contributed by atoms with E-state index in [1.54, 1.807) is 4.57 Å². The zero-order valence-electron chi connectivity index (χ0n) is 18.6. The van der Waals surface area contributed by atoms with Crippen molar-refractivity contribution in [3.63, 3.8) is 0 Å². The summed E-state index contributed by atoms with van der Waals surface area (Å²) in [5.74, 6) is -2.28. The largest absolute Gasteiger partial charge is 0.379 e. The summed E-state index contributed by atoms with van der Waals surface area (Å²) in [5.41, 5.74) is 1.61. The van der Waals surface area contributed by atoms with Gasteiger partial charge in [-0.05, 0) is 17.5 Å². The van der Waals surface area contributed by atoms with Crippen molar-refractivity contribution < 1.29 is 18.3 Å². The van der Waals surface area contributed by atoms with E-state index in [0.29, 0.717) is 35.8 Å². The van der Waals surface area contributed by atoms with Gasteiger partial charge in [-0.25, -0.2) is 13.8 Å². The Hall–Kier alpha value is -2.55. The maximum Gasteiger partial charge on any atom is 0.243 e. The van der Waals surface area contributed by atoms with Crippen LogP contribution in [0.4, 0.5) is 8.78 Å². The van der Waals surface area contributed by atoms with Crippen molar-refractivity contribution in [3.05, 3.63) is 64.9 Å². The van der Waals surface area contributed by atoms with Crippen molar-refractivity contribution in [2.45, 2.75) is 25.9 Å². The number of carbonyl (C=O) groups is 1. The molecule has 1 saturated heterocycles. The molecule has 0 bridgehead atoms. The summed E-state index contributed by atoms with van der Waals surface area (Å²) < 4.78 is 34.6. The summed E-state index contributed by atoms with van der Waals surface area (Å²) in [6.07, 6.45) is 1.46. The number of hydrogen-bond acceptors (Lipinski definition) is 4. The predicted molar refractivity (Wildman–Crippen MR) is 123 cm³/mol. The van der Waals surface area contributed by atoms with Crippen LogP contribution < -0.4 is 5.32 Å². The van der Waals surface area contributed by atoms with Crippen LogP contribution in [0.2, 0.25) is 5.02 Å². The Labute approximate surface area is 196 Å². The van der Waals surface area contributed by atoms with E-state index in [1.165, 1.54) is 6.33 Å². The van der Waals surface area contributed by atoms with E-state index in [0.717, 1.165) is 30.8 Å². The third-order valence-electron chi connectivity index (χ3n) is 6.04. The topological polar surface area (TPSA) is 59.4 Å². The van der Waals surface area contributed by atoms with Gasteiger partial charge in [-0.2, -0.15) is 0 Å². The van der Waals surface area contributed by atoms with Crippen LogP contribution in [-0.2, 0) is 9.53 Å². The second kappa shape index (κ2) is 10.2. The Balaban J connectivity index is 1.59. The van der Waals surface area contributed by atoms with Crippen molar-refractivity contribution in [2.75, 3.05) is 32.8 Å². The van der Waals surface area contributed by atoms with Crippen LogP contribution in [0.15, 0.2) is 42.7 Å². The van der Waals surface area contributed by atoms with Gasteiger partial charge in [0.1, 0.15) is 6.04 Å². The van der Waals surface area contributed by atoms with E-state index in [4.69, 9.17) is 16.3 Å². The molecule has 9 heteroatoms. The van der Waals surface area contributed by atoms with Crippen molar-refractivity contribution in [1.29, 1.82) is 0 Å². The summed E-state index contributed by atoms with van der Waals surface area (Å²) >= 11 is 6.49. The van der Waals surface area contributed by atoms with Gasteiger partial charge in [0.2, 0.25) is 5.91 Å². The fraction of sp³-hybridized carbons (Fsp3) is 0.417. The number of nitrogens with zero attached hydrogens (tertiary/aromatic N) is 3. The first-order valence-corrected chi connectivity index (χ1v) is 11.4. The van der Waals surface area contributed by atoms with E-state index in [-0.39, 0.29) is 17.9 Å². The third kappa shape index (κ3) is 5.03. The molecule has 0 spiro atoms. The monoisotopic (exact) mass is 476 g/mol. The molecule has 1 aliphatic heterocycles. The molecule has 4 rings (SSSR count). The number of carbonyl (C=O) groups excluding carboxylic acids is 1. The number of ether oxygens (including phenoxy) is 1. The Morgan fingerprint density at radius 2 is 1.88 bits per heavy atom. The number of fused-ring (bicyclic) bond motifs is 1. The van der Waals surface area contributed by atoms with E-state index in [9.17, 15) is 13.6 Å². The van der Waals surface area contributed by atoms with Crippen LogP contribution in [0.1, 0.15) is 31.5 Å². The standard InChI is InChI=1S/C24H27ClF2N4O2/c1-15(2)23(31-14-29-20-11-18(26)19(27)12-21(20)31)24(32)28-13-22(30-7-9-33-10-8-30)16-5-3-4-6-17(16)25/h3-6,11-12,14-15,22-23H,7-10,13H2,1-2H3,(H,28,32). The number of nitrogens with one attached hydrogen (secondary N) is 1. The lowest BCUT2D eigenvalue weighted by atomic mass is 10.0. The molecule has 1 aliphatic rings. The van der Waals surface area contributed by atoms with Gasteiger partial charge in [0, 0.05) is 36.8 Å². The molecule has 0 aliphatic carbocycles. The first-order valence-electron chi connectivity index (χ1n) is 11.0. The van der Waals surface area contributed by atoms with Crippen LogP contribution in [0.25, 0.3) is 11.0 Å². The summed E-state index contributed by atoms with van der Waals surface area (Å²) in [4.78, 5) is 19.8. The number of imidazole rings is 1. The lowest BCUT2D eigenvalue weighted by Gasteiger charge is -2.35. The van der Waals surface area contributed by atoms with Crippen molar-refractivity contribution in [3.8, 4) is 0 Å². The Morgan fingerprint density at radius 1 is 1.18 bits per heavy atom. The molecule has 33 heavy (non-hydrogen) atoms. The highest BCUT2D eigenvalue weighted by Gasteiger charge is 2.29. The molecular formula is C24H27ClF2N4O2. The second-order valence-corrected chi connectivity index (χ2v) is 8.93. The number of rotatable bonds is 7. The normalized spacial score (nSPS) is 16.8. The molecule has 1 fully saturated rings. The molecule has 176 valence electrons. The Kier molecular flexibility index (Phi) is 7.26. The van der Waals surface area contributed by atoms with Crippen LogP contribution in [0, 0.1) is 17.6 Å². The molecule has 2 atom stereocenters. The highest BCUT2D eigenvalue weighted by atomic mass is 35.5. The zero-order valence-corrected chi connectivity index (χ0v) is 19.4. The molecule has 0 saturated carbocycles. The number of amides is 1. The number of halogens is 3. The van der Waals surface area contributed by atoms with Gasteiger partial charge >= 0.3 is 0 Å². The summed E-state index contributed by atoms with van der Waals surface area (Å²) in [5, 5.41) is 3.71. The lowest BCUT2D eigenvalue weighted by Crippen LogP contribution is -2.45. The van der Waals surface area contributed by atoms with Gasteiger partial charge in [-0.15, -0.1) is 0 Å². The summed E-state index contributed by atoms with van der Waals surface area (Å²) in [6.45, 7) is 6.86. The van der Waals surface area contributed by atoms with Gasteiger partial charge in [0.05, 0.1) is 36.6 Å². The van der Waals surface area contributed by atoms with Gasteiger partial charge in [-0.1, -0.05) is 43.6 Å². The SMILES string of the molecule is CC(C)C(C(=O)NCC(c1ccccc1Cl)N1CCOCC1)n1cnc2cc(F)c(F)cc21. The minimum Gasteiger partial charge on any atom is -0.379 e. The molecule has 2 heterocycles. The number of benzene rings is 2. The predicted octanol–water partition coefficient (Wildman–Crippen LogP) is 4.35. The molecule has 3 aromatic rings. The van der Waals surface area contributed by atoms with Crippen molar-refractivity contribution in [2.24, 2.45) is 5.92 Å². The lowest BCUT2D eigenvalue weighted by molar-refractivity contribution is -0.125. The fourth-order valence-corrected chi connectivity index (χ4v) is 4.63. The average molecular weight is 477 g/mol. The molecule has 0 radical (unpaired) electrons. The summed E-state index contributed by atoms with van der Waals surface area (Å²) in [6, 6.07) is 8.98. The molecular weight excluding hydrogens is 450 g/mol. The maximum atomic E-state index is 13.9. The van der Waals surface area contributed by atoms with E-state index >= 15 is 0 Å². The van der Waals surface area contributed by atoms with Gasteiger partial charge in [0.15, 0.2) is 11.6 Å². The number of aromatic nitrogens is 2. The molecule has 1 amide bonds. The highest BCUT2D eigenvalue weighted by Crippen LogP contribution is 2.29. The molecule has 2 unspecified atom stereocenters. The van der Waals surface area contributed by atoms with Crippen LogP contribution in [0.5, 0.6) is 0 Å². The first-order chi connectivity index (χ1) is 15.9. The van der Waals surface area contributed by atoms with Gasteiger partial charge < -0.3 is 14.6 Å². The quantitative estimate of drug-likeness (QED) is 0.550. The first kappa shape index (κ1) is 23.6. The number of morpholine rings is 1. The van der Waals surface area contributed by atoms with Crippen LogP contribution in [0.3, 0.4) is 0 Å². The minimum absolute atomic E-state index is 0.113. The van der Waals surface area contributed by atoms with E-state index in [1.807, 2.05) is 38.1 Å². The second-order valence-electron chi connectivity index (χ2n) is 8.53. The Bertz CT molecular complexity index is 1130. The highest BCUT2D eigenvalue weighted by molar-refractivity contribution is 6.31.